The molecule has 0 aliphatic heterocycles. The standard InChI is InChI=1S/C23H48O2/c1-3-5-7-9-10-11-12-13-14-15-17-19-21-25-23(22-24)20-18-16-8-6-4-2/h23-24H,3-22H2,1-2H3. The Labute approximate surface area is 159 Å². The zero-order valence-electron chi connectivity index (χ0n) is 17.6. The van der Waals surface area contributed by atoms with E-state index in [0.717, 1.165) is 19.4 Å². The van der Waals surface area contributed by atoms with Crippen LogP contribution in [0.15, 0.2) is 0 Å². The van der Waals surface area contributed by atoms with Crippen LogP contribution in [0.5, 0.6) is 0 Å². The van der Waals surface area contributed by atoms with Gasteiger partial charge >= 0.3 is 0 Å². The monoisotopic (exact) mass is 356 g/mol. The Balaban J connectivity index is 3.22. The van der Waals surface area contributed by atoms with Crippen molar-refractivity contribution in [3.8, 4) is 0 Å². The molecule has 0 fully saturated rings. The van der Waals surface area contributed by atoms with Gasteiger partial charge in [-0.25, -0.2) is 0 Å². The van der Waals surface area contributed by atoms with Gasteiger partial charge in [0.1, 0.15) is 0 Å². The lowest BCUT2D eigenvalue weighted by atomic mass is 10.1. The number of aliphatic hydroxyl groups excluding tert-OH is 1. The molecule has 0 aliphatic rings. The normalized spacial score (nSPS) is 12.6. The Morgan fingerprint density at radius 2 is 0.960 bits per heavy atom. The molecule has 0 saturated heterocycles. The molecular formula is C23H48O2. The molecule has 1 atom stereocenters. The topological polar surface area (TPSA) is 29.5 Å². The second-order valence-corrected chi connectivity index (χ2v) is 7.77. The predicted octanol–water partition coefficient (Wildman–Crippen LogP) is 7.43. The summed E-state index contributed by atoms with van der Waals surface area (Å²) >= 11 is 0. The van der Waals surface area contributed by atoms with E-state index in [2.05, 4.69) is 13.8 Å². The van der Waals surface area contributed by atoms with Gasteiger partial charge in [0, 0.05) is 6.61 Å². The first kappa shape index (κ1) is 24.9. The molecule has 1 unspecified atom stereocenters. The first-order valence-corrected chi connectivity index (χ1v) is 11.6. The van der Waals surface area contributed by atoms with Crippen molar-refractivity contribution >= 4 is 0 Å². The highest BCUT2D eigenvalue weighted by Crippen LogP contribution is 2.13. The van der Waals surface area contributed by atoms with E-state index < -0.39 is 0 Å². The van der Waals surface area contributed by atoms with Crippen LogP contribution in [-0.4, -0.2) is 24.4 Å². The van der Waals surface area contributed by atoms with Crippen molar-refractivity contribution < 1.29 is 9.84 Å². The van der Waals surface area contributed by atoms with Gasteiger partial charge < -0.3 is 9.84 Å². The largest absolute Gasteiger partial charge is 0.394 e. The summed E-state index contributed by atoms with van der Waals surface area (Å²) in [5, 5.41) is 9.39. The van der Waals surface area contributed by atoms with Gasteiger partial charge in [-0.05, 0) is 12.8 Å². The van der Waals surface area contributed by atoms with E-state index >= 15 is 0 Å². The molecule has 0 saturated carbocycles. The quantitative estimate of drug-likeness (QED) is 0.217. The summed E-state index contributed by atoms with van der Waals surface area (Å²) in [6.45, 7) is 5.54. The highest BCUT2D eigenvalue weighted by molar-refractivity contribution is 4.57. The maximum absolute atomic E-state index is 9.39. The van der Waals surface area contributed by atoms with Gasteiger partial charge in [0.15, 0.2) is 0 Å². The zero-order chi connectivity index (χ0) is 18.4. The molecule has 0 heterocycles. The van der Waals surface area contributed by atoms with Crippen molar-refractivity contribution in [2.24, 2.45) is 0 Å². The molecule has 0 bridgehead atoms. The van der Waals surface area contributed by atoms with Gasteiger partial charge in [0.25, 0.3) is 0 Å². The lowest BCUT2D eigenvalue weighted by Crippen LogP contribution is -2.18. The van der Waals surface area contributed by atoms with Crippen LogP contribution in [0.3, 0.4) is 0 Å². The van der Waals surface area contributed by atoms with Crippen LogP contribution < -0.4 is 0 Å². The molecule has 0 aromatic rings. The fraction of sp³-hybridized carbons (Fsp3) is 1.00. The van der Waals surface area contributed by atoms with E-state index in [4.69, 9.17) is 4.74 Å². The summed E-state index contributed by atoms with van der Waals surface area (Å²) < 4.78 is 5.84. The molecule has 0 spiro atoms. The second kappa shape index (κ2) is 22.0. The lowest BCUT2D eigenvalue weighted by molar-refractivity contribution is 0.00498. The number of rotatable bonds is 21. The minimum atomic E-state index is 0.0781. The fourth-order valence-corrected chi connectivity index (χ4v) is 3.40. The molecule has 2 heteroatoms. The van der Waals surface area contributed by atoms with Crippen LogP contribution in [-0.2, 0) is 4.74 Å². The van der Waals surface area contributed by atoms with Gasteiger partial charge in [-0.1, -0.05) is 117 Å². The number of hydrogen-bond acceptors (Lipinski definition) is 2. The van der Waals surface area contributed by atoms with E-state index in [-0.39, 0.29) is 12.7 Å². The minimum Gasteiger partial charge on any atom is -0.394 e. The summed E-state index contributed by atoms with van der Waals surface area (Å²) in [5.74, 6) is 0. The summed E-state index contributed by atoms with van der Waals surface area (Å²) in [6.07, 6.45) is 24.1. The molecule has 0 aromatic carbocycles. The van der Waals surface area contributed by atoms with Crippen molar-refractivity contribution in [2.75, 3.05) is 13.2 Å². The fourth-order valence-electron chi connectivity index (χ4n) is 3.40. The Hall–Kier alpha value is -0.0800. The van der Waals surface area contributed by atoms with Gasteiger partial charge in [-0.15, -0.1) is 0 Å². The van der Waals surface area contributed by atoms with Gasteiger partial charge in [0.05, 0.1) is 12.7 Å². The van der Waals surface area contributed by atoms with Crippen molar-refractivity contribution in [2.45, 2.75) is 136 Å². The number of hydrogen-bond donors (Lipinski definition) is 1. The third-order valence-corrected chi connectivity index (χ3v) is 5.18. The van der Waals surface area contributed by atoms with Gasteiger partial charge in [-0.3, -0.25) is 0 Å². The van der Waals surface area contributed by atoms with Crippen LogP contribution in [0.2, 0.25) is 0 Å². The summed E-state index contributed by atoms with van der Waals surface area (Å²) in [6, 6.07) is 0. The predicted molar refractivity (Wildman–Crippen MR) is 111 cm³/mol. The van der Waals surface area contributed by atoms with E-state index in [1.807, 2.05) is 0 Å². The highest BCUT2D eigenvalue weighted by Gasteiger charge is 2.06. The molecule has 0 aliphatic carbocycles. The SMILES string of the molecule is CCCCCCCCCCCCCCOC(CO)CCCCCCC. The molecular weight excluding hydrogens is 308 g/mol. The van der Waals surface area contributed by atoms with E-state index in [1.54, 1.807) is 0 Å². The van der Waals surface area contributed by atoms with Crippen molar-refractivity contribution in [3.05, 3.63) is 0 Å². The Bertz CT molecular complexity index is 230. The molecule has 25 heavy (non-hydrogen) atoms. The molecule has 0 radical (unpaired) electrons. The number of aliphatic hydroxyl groups is 1. The molecule has 2 nitrogen and oxygen atoms in total. The zero-order valence-corrected chi connectivity index (χ0v) is 17.6. The van der Waals surface area contributed by atoms with Gasteiger partial charge in [-0.2, -0.15) is 0 Å². The maximum atomic E-state index is 9.39. The molecule has 0 amide bonds. The summed E-state index contributed by atoms with van der Waals surface area (Å²) in [4.78, 5) is 0. The first-order chi connectivity index (χ1) is 12.3. The third kappa shape index (κ3) is 20.1. The average Bonchev–Trinajstić information content (AvgIpc) is 2.63. The molecule has 1 N–H and O–H groups in total. The Morgan fingerprint density at radius 1 is 0.560 bits per heavy atom. The number of ether oxygens (including phenoxy) is 1. The third-order valence-electron chi connectivity index (χ3n) is 5.18. The van der Waals surface area contributed by atoms with Crippen LogP contribution >= 0.6 is 0 Å². The Morgan fingerprint density at radius 3 is 1.40 bits per heavy atom. The number of unbranched alkanes of at least 4 members (excludes halogenated alkanes) is 15. The van der Waals surface area contributed by atoms with Crippen LogP contribution in [0, 0.1) is 0 Å². The maximum Gasteiger partial charge on any atom is 0.0805 e. The summed E-state index contributed by atoms with van der Waals surface area (Å²) in [7, 11) is 0. The van der Waals surface area contributed by atoms with Crippen molar-refractivity contribution in [1.29, 1.82) is 0 Å². The highest BCUT2D eigenvalue weighted by atomic mass is 16.5. The Kier molecular flexibility index (Phi) is 21.9. The summed E-state index contributed by atoms with van der Waals surface area (Å²) in [5.41, 5.74) is 0. The van der Waals surface area contributed by atoms with Crippen LogP contribution in [0.1, 0.15) is 129 Å². The van der Waals surface area contributed by atoms with E-state index in [9.17, 15) is 5.11 Å². The van der Waals surface area contributed by atoms with Crippen molar-refractivity contribution in [1.82, 2.24) is 0 Å². The van der Waals surface area contributed by atoms with Crippen LogP contribution in [0.25, 0.3) is 0 Å². The average molecular weight is 357 g/mol. The lowest BCUT2D eigenvalue weighted by Gasteiger charge is -2.15. The molecule has 0 rings (SSSR count). The van der Waals surface area contributed by atoms with Crippen molar-refractivity contribution in [3.63, 3.8) is 0 Å². The van der Waals surface area contributed by atoms with Crippen LogP contribution in [0.4, 0.5) is 0 Å². The second-order valence-electron chi connectivity index (χ2n) is 7.77. The minimum absolute atomic E-state index is 0.0781. The van der Waals surface area contributed by atoms with E-state index in [1.165, 1.54) is 103 Å². The molecule has 152 valence electrons. The molecule has 0 aromatic heterocycles. The van der Waals surface area contributed by atoms with E-state index in [0.29, 0.717) is 0 Å². The smallest absolute Gasteiger partial charge is 0.0805 e. The first-order valence-electron chi connectivity index (χ1n) is 11.6. The van der Waals surface area contributed by atoms with Gasteiger partial charge in [0.2, 0.25) is 0 Å².